The van der Waals surface area contributed by atoms with Crippen LogP contribution in [-0.2, 0) is 0 Å². The van der Waals surface area contributed by atoms with Crippen LogP contribution in [0.2, 0.25) is 10.0 Å². The van der Waals surface area contributed by atoms with Crippen LogP contribution < -0.4 is 5.32 Å². The summed E-state index contributed by atoms with van der Waals surface area (Å²) >= 11 is 11.4. The van der Waals surface area contributed by atoms with Crippen molar-refractivity contribution in [3.05, 3.63) is 51.8 Å². The van der Waals surface area contributed by atoms with Gasteiger partial charge in [-0.1, -0.05) is 23.2 Å². The van der Waals surface area contributed by atoms with Gasteiger partial charge in [0.05, 0.1) is 10.7 Å². The number of pyridine rings is 1. The van der Waals surface area contributed by atoms with E-state index in [9.17, 15) is 17.6 Å². The number of aromatic nitrogens is 1. The van der Waals surface area contributed by atoms with E-state index in [0.717, 1.165) is 0 Å². The van der Waals surface area contributed by atoms with Crippen LogP contribution in [0.25, 0.3) is 0 Å². The molecule has 19 heavy (non-hydrogen) atoms. The lowest BCUT2D eigenvalue weighted by molar-refractivity contribution is 0.411. The maximum absolute atomic E-state index is 13.4. The molecule has 0 saturated carbocycles. The normalized spacial score (nSPS) is 10.6. The Labute approximate surface area is 115 Å². The summed E-state index contributed by atoms with van der Waals surface area (Å²) in [4.78, 5) is 2.43. The molecular weight excluding hydrogens is 307 g/mol. The number of rotatable bonds is 2. The second-order valence-electron chi connectivity index (χ2n) is 3.45. The van der Waals surface area contributed by atoms with Crippen LogP contribution in [0.4, 0.5) is 28.9 Å². The second-order valence-corrected chi connectivity index (χ2v) is 4.29. The Morgan fingerprint density at radius 2 is 1.53 bits per heavy atom. The van der Waals surface area contributed by atoms with Gasteiger partial charge in [-0.25, -0.2) is 0 Å². The molecule has 2 rings (SSSR count). The highest BCUT2D eigenvalue weighted by Gasteiger charge is 2.21. The van der Waals surface area contributed by atoms with E-state index in [2.05, 4.69) is 10.3 Å². The van der Waals surface area contributed by atoms with Crippen molar-refractivity contribution in [1.29, 1.82) is 0 Å². The zero-order chi connectivity index (χ0) is 14.2. The molecule has 0 radical (unpaired) electrons. The number of hydrogen-bond acceptors (Lipinski definition) is 2. The van der Waals surface area contributed by atoms with Gasteiger partial charge in [-0.3, -0.25) is 0 Å². The fraction of sp³-hybridized carbons (Fsp3) is 0. The molecule has 100 valence electrons. The van der Waals surface area contributed by atoms with Crippen molar-refractivity contribution in [2.75, 3.05) is 5.32 Å². The lowest BCUT2D eigenvalue weighted by Gasteiger charge is -2.10. The van der Waals surface area contributed by atoms with Gasteiger partial charge in [0.2, 0.25) is 11.6 Å². The van der Waals surface area contributed by atoms with E-state index in [1.165, 1.54) is 18.2 Å². The molecule has 0 bridgehead atoms. The average molecular weight is 311 g/mol. The predicted molar refractivity (Wildman–Crippen MR) is 63.8 cm³/mol. The summed E-state index contributed by atoms with van der Waals surface area (Å²) in [6, 6.07) is 3.99. The summed E-state index contributed by atoms with van der Waals surface area (Å²) < 4.78 is 52.5. The maximum Gasteiger partial charge on any atom is 0.253 e. The SMILES string of the molecule is Fc1nc(F)c(F)c(Nc2ccc(Cl)cc2Cl)c1F. The Kier molecular flexibility index (Phi) is 3.82. The summed E-state index contributed by atoms with van der Waals surface area (Å²) in [7, 11) is 0. The summed E-state index contributed by atoms with van der Waals surface area (Å²) in [6.07, 6.45) is 0. The average Bonchev–Trinajstić information content (AvgIpc) is 2.34. The van der Waals surface area contributed by atoms with Crippen molar-refractivity contribution in [2.24, 2.45) is 0 Å². The Morgan fingerprint density at radius 3 is 2.05 bits per heavy atom. The van der Waals surface area contributed by atoms with Crippen LogP contribution in [-0.4, -0.2) is 4.98 Å². The quantitative estimate of drug-likeness (QED) is 0.643. The molecule has 8 heteroatoms. The zero-order valence-corrected chi connectivity index (χ0v) is 10.5. The number of benzene rings is 1. The first-order valence-electron chi connectivity index (χ1n) is 4.82. The van der Waals surface area contributed by atoms with Crippen LogP contribution in [0.1, 0.15) is 0 Å². The highest BCUT2D eigenvalue weighted by atomic mass is 35.5. The van der Waals surface area contributed by atoms with E-state index >= 15 is 0 Å². The molecule has 2 nitrogen and oxygen atoms in total. The first kappa shape index (κ1) is 13.9. The maximum atomic E-state index is 13.4. The third-order valence-electron chi connectivity index (χ3n) is 2.19. The molecule has 1 N–H and O–H groups in total. The van der Waals surface area contributed by atoms with Crippen LogP contribution in [0, 0.1) is 23.5 Å². The van der Waals surface area contributed by atoms with Crippen LogP contribution in [0.5, 0.6) is 0 Å². The first-order valence-corrected chi connectivity index (χ1v) is 5.58. The van der Waals surface area contributed by atoms with Gasteiger partial charge in [0, 0.05) is 5.02 Å². The van der Waals surface area contributed by atoms with Crippen molar-refractivity contribution >= 4 is 34.6 Å². The zero-order valence-electron chi connectivity index (χ0n) is 8.95. The Bertz CT molecular complexity index is 623. The molecular formula is C11H4Cl2F4N2. The Balaban J connectivity index is 2.49. The third kappa shape index (κ3) is 2.74. The second kappa shape index (κ2) is 5.22. The third-order valence-corrected chi connectivity index (χ3v) is 2.74. The minimum absolute atomic E-state index is 0.0314. The number of nitrogens with zero attached hydrogens (tertiary/aromatic N) is 1. The number of nitrogens with one attached hydrogen (secondary N) is 1. The molecule has 0 fully saturated rings. The summed E-state index contributed by atoms with van der Waals surface area (Å²) in [5.41, 5.74) is -0.983. The molecule has 0 spiro atoms. The van der Waals surface area contributed by atoms with E-state index in [0.29, 0.717) is 5.02 Å². The van der Waals surface area contributed by atoms with E-state index < -0.39 is 29.2 Å². The largest absolute Gasteiger partial charge is 0.349 e. The number of halogens is 6. The minimum Gasteiger partial charge on any atom is -0.349 e. The van der Waals surface area contributed by atoms with Gasteiger partial charge in [0.15, 0.2) is 0 Å². The van der Waals surface area contributed by atoms with E-state index in [4.69, 9.17) is 23.2 Å². The standard InChI is InChI=1S/C11H4Cl2F4N2/c12-4-1-2-6(5(13)3-4)18-9-7(14)10(16)19-11(17)8(9)15/h1-3H,(H,18,19). The smallest absolute Gasteiger partial charge is 0.253 e. The lowest BCUT2D eigenvalue weighted by Crippen LogP contribution is -2.06. The van der Waals surface area contributed by atoms with Gasteiger partial charge >= 0.3 is 0 Å². The van der Waals surface area contributed by atoms with Crippen molar-refractivity contribution in [3.8, 4) is 0 Å². The molecule has 0 aliphatic heterocycles. The number of anilines is 2. The topological polar surface area (TPSA) is 24.9 Å². The highest BCUT2D eigenvalue weighted by Crippen LogP contribution is 2.31. The molecule has 0 saturated heterocycles. The first-order chi connectivity index (χ1) is 8.90. The molecule has 0 unspecified atom stereocenters. The summed E-state index contributed by atoms with van der Waals surface area (Å²) in [6.45, 7) is 0. The molecule has 0 aliphatic rings. The van der Waals surface area contributed by atoms with Gasteiger partial charge in [0.25, 0.3) is 11.9 Å². The van der Waals surface area contributed by atoms with Crippen molar-refractivity contribution in [1.82, 2.24) is 4.98 Å². The van der Waals surface area contributed by atoms with Crippen LogP contribution in [0.15, 0.2) is 18.2 Å². The highest BCUT2D eigenvalue weighted by molar-refractivity contribution is 6.36. The lowest BCUT2D eigenvalue weighted by atomic mass is 10.3. The molecule has 0 amide bonds. The summed E-state index contributed by atoms with van der Waals surface area (Å²) in [5, 5.41) is 2.48. The Morgan fingerprint density at radius 1 is 0.947 bits per heavy atom. The van der Waals surface area contributed by atoms with Gasteiger partial charge < -0.3 is 5.32 Å². The fourth-order valence-electron chi connectivity index (χ4n) is 1.32. The van der Waals surface area contributed by atoms with Crippen molar-refractivity contribution in [2.45, 2.75) is 0 Å². The molecule has 0 atom stereocenters. The predicted octanol–water partition coefficient (Wildman–Crippen LogP) is 4.69. The van der Waals surface area contributed by atoms with Gasteiger partial charge in [-0.05, 0) is 18.2 Å². The van der Waals surface area contributed by atoms with Crippen molar-refractivity contribution < 1.29 is 17.6 Å². The molecule has 1 heterocycles. The minimum atomic E-state index is -1.76. The van der Waals surface area contributed by atoms with Gasteiger partial charge in [-0.2, -0.15) is 22.5 Å². The molecule has 1 aromatic heterocycles. The molecule has 0 aliphatic carbocycles. The van der Waals surface area contributed by atoms with Crippen LogP contribution >= 0.6 is 23.2 Å². The monoisotopic (exact) mass is 310 g/mol. The van der Waals surface area contributed by atoms with E-state index in [1.54, 1.807) is 0 Å². The van der Waals surface area contributed by atoms with Gasteiger partial charge in [0.1, 0.15) is 5.69 Å². The summed E-state index contributed by atoms with van der Waals surface area (Å²) in [5.74, 6) is -6.81. The Hall–Kier alpha value is -1.53. The molecule has 1 aromatic carbocycles. The van der Waals surface area contributed by atoms with Crippen molar-refractivity contribution in [3.63, 3.8) is 0 Å². The fourth-order valence-corrected chi connectivity index (χ4v) is 1.78. The molecule has 2 aromatic rings. The van der Waals surface area contributed by atoms with E-state index in [-0.39, 0.29) is 10.7 Å². The number of hydrogen-bond donors (Lipinski definition) is 1. The van der Waals surface area contributed by atoms with Crippen LogP contribution in [0.3, 0.4) is 0 Å². The van der Waals surface area contributed by atoms with E-state index in [1.807, 2.05) is 0 Å². The van der Waals surface area contributed by atoms with Gasteiger partial charge in [-0.15, -0.1) is 0 Å².